The van der Waals surface area contributed by atoms with E-state index in [0.29, 0.717) is 42.7 Å². The van der Waals surface area contributed by atoms with Gasteiger partial charge in [-0.05, 0) is 30.0 Å². The average molecular weight is 355 g/mol. The van der Waals surface area contributed by atoms with E-state index in [1.54, 1.807) is 0 Å². The molecule has 1 aliphatic heterocycles. The molecule has 0 fully saturated rings. The molecule has 7 heteroatoms. The van der Waals surface area contributed by atoms with Crippen molar-refractivity contribution in [2.24, 2.45) is 5.92 Å². The standard InChI is InChI=1S/C17H23ClN2O4/c1-10(2)15(20-11(3)21)17(22)19-5-4-12-8-13(18)16-14(9-12)23-6-7-24-16/h8-10,15H,4-7H2,1-3H3,(H,19,22)(H,20,21)/t15-/m1/s1. The lowest BCUT2D eigenvalue weighted by atomic mass is 10.0. The normalized spacial score (nSPS) is 14.2. The Balaban J connectivity index is 1.92. The largest absolute Gasteiger partial charge is 0.486 e. The van der Waals surface area contributed by atoms with Gasteiger partial charge < -0.3 is 20.1 Å². The van der Waals surface area contributed by atoms with Crippen molar-refractivity contribution in [3.63, 3.8) is 0 Å². The molecule has 1 aromatic carbocycles. The average Bonchev–Trinajstić information content (AvgIpc) is 2.52. The first kappa shape index (κ1) is 18.4. The molecule has 1 aromatic rings. The van der Waals surface area contributed by atoms with Crippen LogP contribution >= 0.6 is 11.6 Å². The highest BCUT2D eigenvalue weighted by molar-refractivity contribution is 6.32. The minimum Gasteiger partial charge on any atom is -0.486 e. The molecule has 132 valence electrons. The highest BCUT2D eigenvalue weighted by Crippen LogP contribution is 2.38. The van der Waals surface area contributed by atoms with Crippen molar-refractivity contribution in [2.75, 3.05) is 19.8 Å². The Kier molecular flexibility index (Phi) is 6.31. The van der Waals surface area contributed by atoms with Gasteiger partial charge in [-0.15, -0.1) is 0 Å². The molecule has 0 radical (unpaired) electrons. The number of rotatable bonds is 6. The summed E-state index contributed by atoms with van der Waals surface area (Å²) in [5.74, 6) is 0.804. The molecule has 2 rings (SSSR count). The van der Waals surface area contributed by atoms with Gasteiger partial charge in [-0.1, -0.05) is 25.4 Å². The Labute approximate surface area is 146 Å². The maximum atomic E-state index is 12.2. The molecular weight excluding hydrogens is 332 g/mol. The molecule has 2 amide bonds. The Morgan fingerprint density at radius 1 is 1.25 bits per heavy atom. The van der Waals surface area contributed by atoms with Crippen LogP contribution in [0.2, 0.25) is 5.02 Å². The fourth-order valence-corrected chi connectivity index (χ4v) is 2.79. The lowest BCUT2D eigenvalue weighted by Crippen LogP contribution is -2.49. The van der Waals surface area contributed by atoms with Crippen LogP contribution < -0.4 is 20.1 Å². The van der Waals surface area contributed by atoms with Gasteiger partial charge in [-0.3, -0.25) is 9.59 Å². The van der Waals surface area contributed by atoms with Crippen molar-refractivity contribution in [1.29, 1.82) is 0 Å². The van der Waals surface area contributed by atoms with Gasteiger partial charge >= 0.3 is 0 Å². The molecule has 24 heavy (non-hydrogen) atoms. The van der Waals surface area contributed by atoms with E-state index in [9.17, 15) is 9.59 Å². The summed E-state index contributed by atoms with van der Waals surface area (Å²) < 4.78 is 11.0. The smallest absolute Gasteiger partial charge is 0.242 e. The number of halogens is 1. The van der Waals surface area contributed by atoms with Crippen molar-refractivity contribution in [1.82, 2.24) is 10.6 Å². The topological polar surface area (TPSA) is 76.7 Å². The van der Waals surface area contributed by atoms with Crippen LogP contribution in [-0.2, 0) is 16.0 Å². The van der Waals surface area contributed by atoms with E-state index < -0.39 is 6.04 Å². The zero-order chi connectivity index (χ0) is 17.7. The Hall–Kier alpha value is -1.95. The molecule has 0 aromatic heterocycles. The van der Waals surface area contributed by atoms with Crippen molar-refractivity contribution in [3.8, 4) is 11.5 Å². The van der Waals surface area contributed by atoms with Gasteiger partial charge in [0.1, 0.15) is 19.3 Å². The number of carbonyl (C=O) groups excluding carboxylic acids is 2. The van der Waals surface area contributed by atoms with Crippen LogP contribution in [0.1, 0.15) is 26.3 Å². The first-order valence-electron chi connectivity index (χ1n) is 8.01. The van der Waals surface area contributed by atoms with Gasteiger partial charge in [-0.25, -0.2) is 0 Å². The van der Waals surface area contributed by atoms with Crippen molar-refractivity contribution < 1.29 is 19.1 Å². The SMILES string of the molecule is CC(=O)N[C@@H](C(=O)NCCc1cc(Cl)c2c(c1)OCCO2)C(C)C. The van der Waals surface area contributed by atoms with Gasteiger partial charge in [0.25, 0.3) is 0 Å². The van der Waals surface area contributed by atoms with E-state index in [4.69, 9.17) is 21.1 Å². The van der Waals surface area contributed by atoms with Gasteiger partial charge in [0.05, 0.1) is 5.02 Å². The van der Waals surface area contributed by atoms with Gasteiger partial charge in [-0.2, -0.15) is 0 Å². The summed E-state index contributed by atoms with van der Waals surface area (Å²) in [4.78, 5) is 23.4. The van der Waals surface area contributed by atoms with E-state index in [2.05, 4.69) is 10.6 Å². The zero-order valence-electron chi connectivity index (χ0n) is 14.1. The molecule has 0 bridgehead atoms. The number of ether oxygens (including phenoxy) is 2. The monoisotopic (exact) mass is 354 g/mol. The Bertz CT molecular complexity index is 619. The molecule has 0 saturated heterocycles. The summed E-state index contributed by atoms with van der Waals surface area (Å²) in [6.45, 7) is 6.61. The predicted octanol–water partition coefficient (Wildman–Crippen LogP) is 1.93. The highest BCUT2D eigenvalue weighted by atomic mass is 35.5. The maximum Gasteiger partial charge on any atom is 0.242 e. The molecule has 2 N–H and O–H groups in total. The first-order chi connectivity index (χ1) is 11.4. The van der Waals surface area contributed by atoms with Crippen LogP contribution in [0.25, 0.3) is 0 Å². The lowest BCUT2D eigenvalue weighted by molar-refractivity contribution is -0.129. The van der Waals surface area contributed by atoms with Crippen LogP contribution in [0, 0.1) is 5.92 Å². The van der Waals surface area contributed by atoms with Crippen LogP contribution in [0.5, 0.6) is 11.5 Å². The number of nitrogens with one attached hydrogen (secondary N) is 2. The number of hydrogen-bond donors (Lipinski definition) is 2. The lowest BCUT2D eigenvalue weighted by Gasteiger charge is -2.21. The quantitative estimate of drug-likeness (QED) is 0.818. The van der Waals surface area contributed by atoms with Crippen LogP contribution in [-0.4, -0.2) is 37.6 Å². The van der Waals surface area contributed by atoms with Crippen molar-refractivity contribution in [3.05, 3.63) is 22.7 Å². The first-order valence-corrected chi connectivity index (χ1v) is 8.39. The van der Waals surface area contributed by atoms with E-state index in [1.165, 1.54) is 6.92 Å². The second kappa shape index (κ2) is 8.24. The van der Waals surface area contributed by atoms with Gasteiger partial charge in [0.15, 0.2) is 11.5 Å². The van der Waals surface area contributed by atoms with Crippen LogP contribution in [0.3, 0.4) is 0 Å². The maximum absolute atomic E-state index is 12.2. The zero-order valence-corrected chi connectivity index (χ0v) is 14.9. The highest BCUT2D eigenvalue weighted by Gasteiger charge is 2.22. The van der Waals surface area contributed by atoms with E-state index in [1.807, 2.05) is 26.0 Å². The summed E-state index contributed by atoms with van der Waals surface area (Å²) in [5, 5.41) is 6.02. The molecular formula is C17H23ClN2O4. The Morgan fingerprint density at radius 3 is 2.62 bits per heavy atom. The Morgan fingerprint density at radius 2 is 1.96 bits per heavy atom. The number of carbonyl (C=O) groups is 2. The third-order valence-electron chi connectivity index (χ3n) is 3.68. The molecule has 1 aliphatic rings. The molecule has 1 heterocycles. The fourth-order valence-electron chi connectivity index (χ4n) is 2.50. The number of fused-ring (bicyclic) bond motifs is 1. The third-order valence-corrected chi connectivity index (χ3v) is 3.96. The predicted molar refractivity (Wildman–Crippen MR) is 91.6 cm³/mol. The molecule has 0 spiro atoms. The third kappa shape index (κ3) is 4.77. The minimum atomic E-state index is -0.536. The van der Waals surface area contributed by atoms with Crippen molar-refractivity contribution in [2.45, 2.75) is 33.2 Å². The summed E-state index contributed by atoms with van der Waals surface area (Å²) >= 11 is 6.20. The van der Waals surface area contributed by atoms with Gasteiger partial charge in [0, 0.05) is 13.5 Å². The second-order valence-electron chi connectivity index (χ2n) is 6.07. The molecule has 0 saturated carbocycles. The summed E-state index contributed by atoms with van der Waals surface area (Å²) in [6, 6.07) is 3.15. The van der Waals surface area contributed by atoms with Crippen LogP contribution in [0.4, 0.5) is 0 Å². The summed E-state index contributed by atoms with van der Waals surface area (Å²) in [6.07, 6.45) is 0.604. The van der Waals surface area contributed by atoms with Crippen molar-refractivity contribution >= 4 is 23.4 Å². The number of hydrogen-bond acceptors (Lipinski definition) is 4. The summed E-state index contributed by atoms with van der Waals surface area (Å²) in [5.41, 5.74) is 0.949. The van der Waals surface area contributed by atoms with Crippen LogP contribution in [0.15, 0.2) is 12.1 Å². The number of amides is 2. The molecule has 0 unspecified atom stereocenters. The molecule has 0 aliphatic carbocycles. The molecule has 1 atom stereocenters. The summed E-state index contributed by atoms with van der Waals surface area (Å²) in [7, 11) is 0. The van der Waals surface area contributed by atoms with E-state index in [0.717, 1.165) is 5.56 Å². The fraction of sp³-hybridized carbons (Fsp3) is 0.529. The molecule has 6 nitrogen and oxygen atoms in total. The van der Waals surface area contributed by atoms with E-state index in [-0.39, 0.29) is 17.7 Å². The number of benzene rings is 1. The van der Waals surface area contributed by atoms with Gasteiger partial charge in [0.2, 0.25) is 11.8 Å². The van der Waals surface area contributed by atoms with E-state index >= 15 is 0 Å². The minimum absolute atomic E-state index is 0.0117. The second-order valence-corrected chi connectivity index (χ2v) is 6.47.